The third kappa shape index (κ3) is 3.83. The standard InChI is InChI=1S/C14H12N2O3S/c17-12(16-10-5-2-1-3-6-10)9-20-13-11(14(18)19)7-4-8-15-13/h1-8H,9H2,(H,16,17)(H,18,19). The molecule has 2 N–H and O–H groups in total. The number of thioether (sulfide) groups is 1. The topological polar surface area (TPSA) is 79.3 Å². The largest absolute Gasteiger partial charge is 0.478 e. The fourth-order valence-electron chi connectivity index (χ4n) is 1.52. The highest BCUT2D eigenvalue weighted by Crippen LogP contribution is 2.20. The molecule has 0 saturated carbocycles. The van der Waals surface area contributed by atoms with Crippen LogP contribution >= 0.6 is 11.8 Å². The molecule has 0 aliphatic rings. The number of pyridine rings is 1. The van der Waals surface area contributed by atoms with Gasteiger partial charge in [0.25, 0.3) is 0 Å². The Hall–Kier alpha value is -2.34. The minimum atomic E-state index is -1.05. The van der Waals surface area contributed by atoms with E-state index in [4.69, 9.17) is 5.11 Å². The molecule has 0 fully saturated rings. The Morgan fingerprint density at radius 2 is 1.90 bits per heavy atom. The zero-order valence-corrected chi connectivity index (χ0v) is 11.3. The molecule has 1 heterocycles. The average Bonchev–Trinajstić information content (AvgIpc) is 2.46. The number of hydrogen-bond donors (Lipinski definition) is 2. The van der Waals surface area contributed by atoms with Gasteiger partial charge in [0.15, 0.2) is 0 Å². The van der Waals surface area contributed by atoms with Crippen LogP contribution in [0.3, 0.4) is 0 Å². The van der Waals surface area contributed by atoms with Gasteiger partial charge in [-0.3, -0.25) is 4.79 Å². The number of amides is 1. The maximum absolute atomic E-state index is 11.8. The number of benzene rings is 1. The van der Waals surface area contributed by atoms with Crippen LogP contribution < -0.4 is 5.32 Å². The first kappa shape index (κ1) is 14.1. The van der Waals surface area contributed by atoms with Crippen molar-refractivity contribution >= 4 is 29.3 Å². The number of para-hydroxylation sites is 1. The molecule has 0 saturated heterocycles. The molecule has 1 amide bonds. The third-order valence-electron chi connectivity index (χ3n) is 2.40. The van der Waals surface area contributed by atoms with Gasteiger partial charge in [-0.25, -0.2) is 9.78 Å². The van der Waals surface area contributed by atoms with Gasteiger partial charge in [-0.2, -0.15) is 0 Å². The summed E-state index contributed by atoms with van der Waals surface area (Å²) in [6.45, 7) is 0. The second-order valence-corrected chi connectivity index (χ2v) is 4.83. The Balaban J connectivity index is 1.96. The third-order valence-corrected chi connectivity index (χ3v) is 3.40. The number of carboxylic acid groups (broad SMARTS) is 1. The van der Waals surface area contributed by atoms with E-state index in [9.17, 15) is 9.59 Å². The number of aromatic nitrogens is 1. The fourth-order valence-corrected chi connectivity index (χ4v) is 2.31. The molecule has 0 radical (unpaired) electrons. The lowest BCUT2D eigenvalue weighted by Crippen LogP contribution is -2.14. The van der Waals surface area contributed by atoms with Crippen molar-refractivity contribution in [3.8, 4) is 0 Å². The molecule has 2 aromatic rings. The maximum Gasteiger partial charge on any atom is 0.338 e. The number of aromatic carboxylic acids is 1. The van der Waals surface area contributed by atoms with Crippen molar-refractivity contribution in [1.82, 2.24) is 4.98 Å². The Morgan fingerprint density at radius 1 is 1.15 bits per heavy atom. The molecule has 0 bridgehead atoms. The molecule has 5 nitrogen and oxygen atoms in total. The first-order valence-corrected chi connectivity index (χ1v) is 6.81. The van der Waals surface area contributed by atoms with Crippen LogP contribution in [0.1, 0.15) is 10.4 Å². The summed E-state index contributed by atoms with van der Waals surface area (Å²) < 4.78 is 0. The number of nitrogens with one attached hydrogen (secondary N) is 1. The van der Waals surface area contributed by atoms with Crippen molar-refractivity contribution in [3.05, 3.63) is 54.2 Å². The Kier molecular flexibility index (Phi) is 4.73. The van der Waals surface area contributed by atoms with Crippen molar-refractivity contribution in [2.24, 2.45) is 0 Å². The SMILES string of the molecule is O=C(CSc1ncccc1C(=O)O)Nc1ccccc1. The first-order chi connectivity index (χ1) is 9.66. The summed E-state index contributed by atoms with van der Waals surface area (Å²) in [7, 11) is 0. The van der Waals surface area contributed by atoms with Crippen LogP contribution in [0, 0.1) is 0 Å². The zero-order valence-electron chi connectivity index (χ0n) is 10.4. The lowest BCUT2D eigenvalue weighted by molar-refractivity contribution is -0.113. The number of nitrogens with zero attached hydrogens (tertiary/aromatic N) is 1. The Morgan fingerprint density at radius 3 is 2.60 bits per heavy atom. The van der Waals surface area contributed by atoms with Crippen LogP contribution in [0.5, 0.6) is 0 Å². The van der Waals surface area contributed by atoms with Gasteiger partial charge in [-0.1, -0.05) is 30.0 Å². The van der Waals surface area contributed by atoms with Gasteiger partial charge in [0.1, 0.15) is 5.03 Å². The van der Waals surface area contributed by atoms with Crippen LogP contribution in [0.25, 0.3) is 0 Å². The van der Waals surface area contributed by atoms with Gasteiger partial charge in [0.05, 0.1) is 11.3 Å². The summed E-state index contributed by atoms with van der Waals surface area (Å²) in [6.07, 6.45) is 1.50. The minimum absolute atomic E-state index is 0.102. The van der Waals surface area contributed by atoms with E-state index in [-0.39, 0.29) is 17.2 Å². The smallest absolute Gasteiger partial charge is 0.338 e. The van der Waals surface area contributed by atoms with Gasteiger partial charge in [-0.05, 0) is 24.3 Å². The van der Waals surface area contributed by atoms with E-state index in [1.54, 1.807) is 18.2 Å². The van der Waals surface area contributed by atoms with Crippen LogP contribution in [-0.2, 0) is 4.79 Å². The summed E-state index contributed by atoms with van der Waals surface area (Å²) in [6, 6.07) is 12.1. The number of carboxylic acids is 1. The molecule has 0 aliphatic heterocycles. The Labute approximate surface area is 120 Å². The van der Waals surface area contributed by atoms with E-state index < -0.39 is 5.97 Å². The van der Waals surface area contributed by atoms with E-state index in [1.807, 2.05) is 18.2 Å². The van der Waals surface area contributed by atoms with Gasteiger partial charge in [0.2, 0.25) is 5.91 Å². The Bertz CT molecular complexity index is 617. The predicted molar refractivity (Wildman–Crippen MR) is 77.0 cm³/mol. The van der Waals surface area contributed by atoms with Crippen LogP contribution in [0.2, 0.25) is 0 Å². The first-order valence-electron chi connectivity index (χ1n) is 5.83. The molecule has 6 heteroatoms. The summed E-state index contributed by atoms with van der Waals surface area (Å²) in [5.74, 6) is -1.15. The molecule has 20 heavy (non-hydrogen) atoms. The van der Waals surface area contributed by atoms with Crippen molar-refractivity contribution < 1.29 is 14.7 Å². The quantitative estimate of drug-likeness (QED) is 0.826. The number of anilines is 1. The number of hydrogen-bond acceptors (Lipinski definition) is 4. The van der Waals surface area contributed by atoms with Crippen molar-refractivity contribution in [2.45, 2.75) is 5.03 Å². The molecule has 102 valence electrons. The highest BCUT2D eigenvalue weighted by Gasteiger charge is 2.12. The predicted octanol–water partition coefficient (Wildman–Crippen LogP) is 2.51. The van der Waals surface area contributed by atoms with Crippen LogP contribution in [0.4, 0.5) is 5.69 Å². The van der Waals surface area contributed by atoms with Crippen molar-refractivity contribution in [2.75, 3.05) is 11.1 Å². The lowest BCUT2D eigenvalue weighted by atomic mass is 10.3. The van der Waals surface area contributed by atoms with E-state index in [0.717, 1.165) is 11.8 Å². The van der Waals surface area contributed by atoms with Crippen LogP contribution in [-0.4, -0.2) is 27.7 Å². The monoisotopic (exact) mass is 288 g/mol. The molecular weight excluding hydrogens is 276 g/mol. The highest BCUT2D eigenvalue weighted by atomic mass is 32.2. The van der Waals surface area contributed by atoms with Crippen molar-refractivity contribution in [1.29, 1.82) is 0 Å². The van der Waals surface area contributed by atoms with Gasteiger partial charge >= 0.3 is 5.97 Å². The van der Waals surface area contributed by atoms with Gasteiger partial charge < -0.3 is 10.4 Å². The average molecular weight is 288 g/mol. The molecule has 0 unspecified atom stereocenters. The molecule has 0 aliphatic carbocycles. The lowest BCUT2D eigenvalue weighted by Gasteiger charge is -2.06. The fraction of sp³-hybridized carbons (Fsp3) is 0.0714. The molecular formula is C14H12N2O3S. The normalized spacial score (nSPS) is 10.0. The molecule has 0 atom stereocenters. The van der Waals surface area contributed by atoms with Crippen molar-refractivity contribution in [3.63, 3.8) is 0 Å². The molecule has 1 aromatic carbocycles. The second-order valence-electron chi connectivity index (χ2n) is 3.86. The number of carbonyl (C=O) groups excluding carboxylic acids is 1. The van der Waals surface area contributed by atoms with Gasteiger partial charge in [-0.15, -0.1) is 0 Å². The molecule has 2 rings (SSSR count). The summed E-state index contributed by atoms with van der Waals surface area (Å²) in [4.78, 5) is 26.7. The summed E-state index contributed by atoms with van der Waals surface area (Å²) in [5.41, 5.74) is 0.808. The highest BCUT2D eigenvalue weighted by molar-refractivity contribution is 8.00. The maximum atomic E-state index is 11.8. The second kappa shape index (κ2) is 6.72. The van der Waals surface area contributed by atoms with Crippen LogP contribution in [0.15, 0.2) is 53.7 Å². The van der Waals surface area contributed by atoms with Gasteiger partial charge in [0, 0.05) is 11.9 Å². The number of rotatable bonds is 5. The summed E-state index contributed by atoms with van der Waals surface area (Å²) >= 11 is 1.10. The molecule has 1 aromatic heterocycles. The zero-order chi connectivity index (χ0) is 14.4. The van der Waals surface area contributed by atoms with E-state index in [1.165, 1.54) is 12.3 Å². The molecule has 0 spiro atoms. The number of carbonyl (C=O) groups is 2. The minimum Gasteiger partial charge on any atom is -0.478 e. The van der Waals surface area contributed by atoms with E-state index in [0.29, 0.717) is 10.7 Å². The van der Waals surface area contributed by atoms with E-state index in [2.05, 4.69) is 10.3 Å². The van der Waals surface area contributed by atoms with E-state index >= 15 is 0 Å². The summed E-state index contributed by atoms with van der Waals surface area (Å²) in [5, 5.41) is 12.1.